The highest BCUT2D eigenvalue weighted by Gasteiger charge is 2.26. The van der Waals surface area contributed by atoms with Crippen molar-refractivity contribution in [3.63, 3.8) is 0 Å². The van der Waals surface area contributed by atoms with Crippen LogP contribution >= 0.6 is 12.4 Å². The number of aromatic nitrogens is 3. The fourth-order valence-corrected chi connectivity index (χ4v) is 4.14. The number of carbonyl (C=O) groups excluding carboxylic acids is 2. The Labute approximate surface area is 190 Å². The van der Waals surface area contributed by atoms with E-state index in [0.29, 0.717) is 29.8 Å². The molecule has 8 nitrogen and oxygen atoms in total. The van der Waals surface area contributed by atoms with Gasteiger partial charge in [-0.05, 0) is 63.5 Å². The molecule has 1 amide bonds. The van der Waals surface area contributed by atoms with Crippen LogP contribution in [-0.2, 0) is 6.42 Å². The quantitative estimate of drug-likeness (QED) is 0.545. The van der Waals surface area contributed by atoms with Crippen molar-refractivity contribution >= 4 is 29.7 Å². The van der Waals surface area contributed by atoms with Gasteiger partial charge in [0.05, 0.1) is 0 Å². The van der Waals surface area contributed by atoms with Crippen LogP contribution in [0.3, 0.4) is 0 Å². The molecule has 3 heterocycles. The molecule has 1 saturated heterocycles. The van der Waals surface area contributed by atoms with Gasteiger partial charge in [0.15, 0.2) is 17.1 Å². The number of ketones is 1. The minimum absolute atomic E-state index is 0. The number of hydrogen-bond donors (Lipinski definition) is 2. The second-order valence-electron chi connectivity index (χ2n) is 7.89. The minimum atomic E-state index is -0.695. The SMILES string of the molecule is Cc1nc2c(C(N)=O)ncn2c(O)c1CCN1CCC(C(=O)c2ccc(F)cc2)CC1.Cl. The lowest BCUT2D eigenvalue weighted by Crippen LogP contribution is -2.37. The summed E-state index contributed by atoms with van der Waals surface area (Å²) in [6, 6.07) is 5.71. The van der Waals surface area contributed by atoms with Gasteiger partial charge in [0.2, 0.25) is 5.88 Å². The average molecular weight is 462 g/mol. The van der Waals surface area contributed by atoms with Crippen LogP contribution in [0.5, 0.6) is 5.88 Å². The zero-order chi connectivity index (χ0) is 22.1. The first-order valence-electron chi connectivity index (χ1n) is 10.2. The summed E-state index contributed by atoms with van der Waals surface area (Å²) in [7, 11) is 0. The highest BCUT2D eigenvalue weighted by molar-refractivity contribution is 5.98. The van der Waals surface area contributed by atoms with Gasteiger partial charge in [0, 0.05) is 29.3 Å². The molecule has 170 valence electrons. The molecule has 0 saturated carbocycles. The van der Waals surface area contributed by atoms with Crippen LogP contribution in [0.15, 0.2) is 30.6 Å². The Morgan fingerprint density at radius 1 is 1.22 bits per heavy atom. The van der Waals surface area contributed by atoms with E-state index in [0.717, 1.165) is 25.9 Å². The first kappa shape index (κ1) is 23.6. The van der Waals surface area contributed by atoms with E-state index in [1.54, 1.807) is 19.1 Å². The average Bonchev–Trinajstić information content (AvgIpc) is 3.18. The number of fused-ring (bicyclic) bond motifs is 1. The van der Waals surface area contributed by atoms with Crippen molar-refractivity contribution in [2.24, 2.45) is 11.7 Å². The van der Waals surface area contributed by atoms with Crippen molar-refractivity contribution in [1.29, 1.82) is 0 Å². The van der Waals surface area contributed by atoms with E-state index in [1.165, 1.54) is 22.9 Å². The van der Waals surface area contributed by atoms with Crippen LogP contribution in [0.2, 0.25) is 0 Å². The number of benzene rings is 1. The van der Waals surface area contributed by atoms with Gasteiger partial charge in [0.1, 0.15) is 12.1 Å². The lowest BCUT2D eigenvalue weighted by molar-refractivity contribution is 0.0840. The van der Waals surface area contributed by atoms with Gasteiger partial charge in [-0.1, -0.05) is 0 Å². The summed E-state index contributed by atoms with van der Waals surface area (Å²) >= 11 is 0. The second-order valence-corrected chi connectivity index (χ2v) is 7.89. The summed E-state index contributed by atoms with van der Waals surface area (Å²) in [5.41, 5.74) is 7.44. The summed E-state index contributed by atoms with van der Waals surface area (Å²) in [5, 5.41) is 10.7. The molecular formula is C22H25ClFN5O3. The molecular weight excluding hydrogens is 437 g/mol. The van der Waals surface area contributed by atoms with Gasteiger partial charge in [-0.15, -0.1) is 12.4 Å². The van der Waals surface area contributed by atoms with Crippen molar-refractivity contribution in [1.82, 2.24) is 19.3 Å². The van der Waals surface area contributed by atoms with E-state index < -0.39 is 5.91 Å². The van der Waals surface area contributed by atoms with Crippen molar-refractivity contribution < 1.29 is 19.1 Å². The highest BCUT2D eigenvalue weighted by Crippen LogP contribution is 2.26. The second kappa shape index (κ2) is 9.62. The third-order valence-corrected chi connectivity index (χ3v) is 5.95. The van der Waals surface area contributed by atoms with Crippen LogP contribution in [-0.4, -0.2) is 55.7 Å². The molecule has 1 aliphatic heterocycles. The molecule has 1 aliphatic rings. The van der Waals surface area contributed by atoms with Gasteiger partial charge in [-0.2, -0.15) is 0 Å². The maximum absolute atomic E-state index is 13.1. The predicted octanol–water partition coefficient (Wildman–Crippen LogP) is 2.54. The van der Waals surface area contributed by atoms with E-state index in [9.17, 15) is 19.1 Å². The number of primary amides is 1. The number of Topliss-reactive ketones (excluding diaryl/α,β-unsaturated/α-hetero) is 1. The Balaban J connectivity index is 0.00000289. The van der Waals surface area contributed by atoms with Crippen molar-refractivity contribution in [3.05, 3.63) is 58.9 Å². The van der Waals surface area contributed by atoms with Crippen LogP contribution in [0.4, 0.5) is 4.39 Å². The van der Waals surface area contributed by atoms with E-state index in [4.69, 9.17) is 5.73 Å². The maximum Gasteiger partial charge on any atom is 0.271 e. The molecule has 10 heteroatoms. The normalized spacial score (nSPS) is 14.9. The number of hydrogen-bond acceptors (Lipinski definition) is 6. The van der Waals surface area contributed by atoms with Gasteiger partial charge in [-0.3, -0.25) is 14.0 Å². The maximum atomic E-state index is 13.1. The monoisotopic (exact) mass is 461 g/mol. The number of nitrogens with zero attached hydrogens (tertiary/aromatic N) is 4. The van der Waals surface area contributed by atoms with E-state index >= 15 is 0 Å². The molecule has 3 aromatic rings. The number of rotatable bonds is 6. The summed E-state index contributed by atoms with van der Waals surface area (Å²) in [5.74, 6) is -1.04. The fraction of sp³-hybridized carbons (Fsp3) is 0.364. The van der Waals surface area contributed by atoms with Gasteiger partial charge in [0.25, 0.3) is 5.91 Å². The Hall–Kier alpha value is -3.04. The van der Waals surface area contributed by atoms with Crippen LogP contribution in [0, 0.1) is 18.7 Å². The summed E-state index contributed by atoms with van der Waals surface area (Å²) in [4.78, 5) is 34.7. The Kier molecular flexibility index (Phi) is 7.10. The van der Waals surface area contributed by atoms with Gasteiger partial charge in [-0.25, -0.2) is 14.4 Å². The van der Waals surface area contributed by atoms with Crippen LogP contribution in [0.25, 0.3) is 5.65 Å². The number of aromatic hydroxyl groups is 1. The number of halogens is 2. The fourth-order valence-electron chi connectivity index (χ4n) is 4.14. The Bertz CT molecular complexity index is 1140. The topological polar surface area (TPSA) is 114 Å². The Morgan fingerprint density at radius 2 is 1.88 bits per heavy atom. The zero-order valence-corrected chi connectivity index (χ0v) is 18.4. The molecule has 1 aromatic carbocycles. The zero-order valence-electron chi connectivity index (χ0n) is 17.6. The Morgan fingerprint density at radius 3 is 2.50 bits per heavy atom. The lowest BCUT2D eigenvalue weighted by atomic mass is 9.89. The first-order chi connectivity index (χ1) is 14.8. The number of carbonyl (C=O) groups is 2. The number of imidazole rings is 1. The van der Waals surface area contributed by atoms with E-state index in [1.807, 2.05) is 0 Å². The molecule has 1 fully saturated rings. The van der Waals surface area contributed by atoms with Crippen molar-refractivity contribution in [2.45, 2.75) is 26.2 Å². The predicted molar refractivity (Wildman–Crippen MR) is 119 cm³/mol. The molecule has 0 radical (unpaired) electrons. The number of nitrogens with two attached hydrogens (primary N) is 1. The largest absolute Gasteiger partial charge is 0.494 e. The molecule has 0 spiro atoms. The van der Waals surface area contributed by atoms with E-state index in [2.05, 4.69) is 14.9 Å². The molecule has 32 heavy (non-hydrogen) atoms. The third kappa shape index (κ3) is 4.58. The lowest BCUT2D eigenvalue weighted by Gasteiger charge is -2.31. The van der Waals surface area contributed by atoms with Crippen molar-refractivity contribution in [3.8, 4) is 5.88 Å². The van der Waals surface area contributed by atoms with Crippen LogP contribution < -0.4 is 5.73 Å². The number of aryl methyl sites for hydroxylation is 1. The van der Waals surface area contributed by atoms with E-state index in [-0.39, 0.29) is 47.1 Å². The summed E-state index contributed by atoms with van der Waals surface area (Å²) in [6.07, 6.45) is 3.39. The summed E-state index contributed by atoms with van der Waals surface area (Å²) < 4.78 is 14.5. The standard InChI is InChI=1S/C22H24FN5O3.ClH/c1-13-17(22(31)28-12-25-18(20(24)30)21(28)26-13)8-11-27-9-6-15(7-10-27)19(29)14-2-4-16(23)5-3-14;/h2-5,12,15,31H,6-11H2,1H3,(H2,24,30);1H. The molecule has 3 N–H and O–H groups in total. The molecule has 0 bridgehead atoms. The molecule has 0 unspecified atom stereocenters. The van der Waals surface area contributed by atoms with Crippen molar-refractivity contribution in [2.75, 3.05) is 19.6 Å². The minimum Gasteiger partial charge on any atom is -0.494 e. The van der Waals surface area contributed by atoms with Gasteiger partial charge >= 0.3 is 0 Å². The summed E-state index contributed by atoms with van der Waals surface area (Å²) in [6.45, 7) is 4.02. The highest BCUT2D eigenvalue weighted by atomic mass is 35.5. The molecule has 0 atom stereocenters. The number of amides is 1. The number of piperidine rings is 1. The molecule has 0 aliphatic carbocycles. The number of likely N-dealkylation sites (tertiary alicyclic amines) is 1. The molecule has 2 aromatic heterocycles. The molecule has 4 rings (SSSR count). The smallest absolute Gasteiger partial charge is 0.271 e. The third-order valence-electron chi connectivity index (χ3n) is 5.95. The van der Waals surface area contributed by atoms with Crippen LogP contribution in [0.1, 0.15) is 44.9 Å². The first-order valence-corrected chi connectivity index (χ1v) is 10.2. The van der Waals surface area contributed by atoms with Gasteiger partial charge < -0.3 is 15.7 Å².